The number of benzene rings is 2. The molecule has 0 aliphatic carbocycles. The summed E-state index contributed by atoms with van der Waals surface area (Å²) in [5, 5.41) is 3.63. The third-order valence-corrected chi connectivity index (χ3v) is 7.11. The monoisotopic (exact) mass is 513 g/mol. The van der Waals surface area contributed by atoms with Crippen molar-refractivity contribution in [1.29, 1.82) is 0 Å². The quantitative estimate of drug-likeness (QED) is 0.382. The van der Waals surface area contributed by atoms with Crippen molar-refractivity contribution in [2.75, 3.05) is 46.7 Å². The number of amides is 2. The van der Waals surface area contributed by atoms with E-state index in [0.29, 0.717) is 30.4 Å². The zero-order chi connectivity index (χ0) is 26.8. The van der Waals surface area contributed by atoms with Crippen molar-refractivity contribution in [3.8, 4) is 28.0 Å². The number of nitrogens with one attached hydrogen (secondary N) is 2. The number of methoxy groups -OCH3 is 2. The number of aromatic amines is 1. The molecule has 1 saturated heterocycles. The number of pyridine rings is 1. The molecular weight excluding hydrogens is 482 g/mol. The van der Waals surface area contributed by atoms with Gasteiger partial charge in [0.25, 0.3) is 5.91 Å². The van der Waals surface area contributed by atoms with Crippen LogP contribution >= 0.6 is 0 Å². The molecule has 3 heterocycles. The number of H-pyrrole nitrogens is 1. The Labute approximate surface area is 221 Å². The molecule has 0 spiro atoms. The molecular formula is C29H31N5O4. The summed E-state index contributed by atoms with van der Waals surface area (Å²) in [5.41, 5.74) is 5.16. The van der Waals surface area contributed by atoms with Gasteiger partial charge in [0.15, 0.2) is 0 Å². The lowest BCUT2D eigenvalue weighted by molar-refractivity contribution is 0.0784. The summed E-state index contributed by atoms with van der Waals surface area (Å²) in [7, 11) is 6.99. The summed E-state index contributed by atoms with van der Waals surface area (Å²) in [6, 6.07) is 15.6. The topological polar surface area (TPSA) is 99.8 Å². The molecule has 2 aromatic heterocycles. The molecule has 4 aromatic rings. The minimum absolute atomic E-state index is 0.131. The van der Waals surface area contributed by atoms with Crippen LogP contribution in [-0.4, -0.2) is 79.2 Å². The summed E-state index contributed by atoms with van der Waals surface area (Å²) < 4.78 is 10.4. The van der Waals surface area contributed by atoms with Crippen LogP contribution in [0.4, 0.5) is 10.5 Å². The maximum atomic E-state index is 13.7. The third-order valence-electron chi connectivity index (χ3n) is 7.11. The van der Waals surface area contributed by atoms with E-state index in [1.165, 1.54) is 7.11 Å². The van der Waals surface area contributed by atoms with Gasteiger partial charge >= 0.3 is 6.09 Å². The van der Waals surface area contributed by atoms with Gasteiger partial charge in [-0.05, 0) is 50.3 Å². The Morgan fingerprint density at radius 3 is 2.63 bits per heavy atom. The number of hydrogen-bond donors (Lipinski definition) is 2. The number of rotatable bonds is 6. The van der Waals surface area contributed by atoms with Gasteiger partial charge in [-0.25, -0.2) is 9.78 Å². The maximum Gasteiger partial charge on any atom is 0.411 e. The highest BCUT2D eigenvalue weighted by Gasteiger charge is 2.30. The molecule has 0 saturated carbocycles. The molecule has 0 unspecified atom stereocenters. The van der Waals surface area contributed by atoms with Crippen LogP contribution in [0.5, 0.6) is 5.75 Å². The number of aromatic nitrogens is 2. The number of ether oxygens (including phenoxy) is 2. The fourth-order valence-electron chi connectivity index (χ4n) is 4.94. The number of anilines is 1. The summed E-state index contributed by atoms with van der Waals surface area (Å²) in [5.74, 6) is 0.638. The Morgan fingerprint density at radius 1 is 1.08 bits per heavy atom. The van der Waals surface area contributed by atoms with E-state index in [1.807, 2.05) is 61.6 Å². The average Bonchev–Trinajstić information content (AvgIpc) is 3.60. The standard InChI is InChI=1S/C29H31N5O4/c1-33(2)20-11-12-34(17-20)28(35)23-13-18(9-10-25(23)32-29(36)38-4)19-14-22-24(16-31-27(22)30-15-19)21-7-5-6-8-26(21)37-3/h5-10,13-16,20H,11-12,17H2,1-4H3,(H,30,31)(H,32,36)/t20-/m1/s1. The van der Waals surface area contributed by atoms with Crippen molar-refractivity contribution < 1.29 is 19.1 Å². The van der Waals surface area contributed by atoms with Crippen molar-refractivity contribution in [2.24, 2.45) is 0 Å². The third kappa shape index (κ3) is 4.80. The van der Waals surface area contributed by atoms with Crippen molar-refractivity contribution in [3.63, 3.8) is 0 Å². The zero-order valence-corrected chi connectivity index (χ0v) is 21.9. The van der Waals surface area contributed by atoms with Crippen LogP contribution in [0.25, 0.3) is 33.3 Å². The fraction of sp³-hybridized carbons (Fsp3) is 0.276. The minimum atomic E-state index is -0.628. The second-order valence-electron chi connectivity index (χ2n) is 9.56. The molecule has 1 atom stereocenters. The van der Waals surface area contributed by atoms with E-state index in [-0.39, 0.29) is 5.91 Å². The molecule has 9 nitrogen and oxygen atoms in total. The van der Waals surface area contributed by atoms with Gasteiger partial charge in [-0.1, -0.05) is 24.3 Å². The summed E-state index contributed by atoms with van der Waals surface area (Å²) in [4.78, 5) is 37.5. The molecule has 0 bridgehead atoms. The van der Waals surface area contributed by atoms with Crippen LogP contribution in [0, 0.1) is 0 Å². The normalized spacial score (nSPS) is 15.2. The predicted octanol–water partition coefficient (Wildman–Crippen LogP) is 4.86. The number of nitrogens with zero attached hydrogens (tertiary/aromatic N) is 3. The Hall–Kier alpha value is -4.37. The average molecular weight is 514 g/mol. The number of carbonyl (C=O) groups is 2. The first-order valence-electron chi connectivity index (χ1n) is 12.4. The lowest BCUT2D eigenvalue weighted by atomic mass is 9.99. The molecule has 1 fully saturated rings. The first-order valence-corrected chi connectivity index (χ1v) is 12.4. The Balaban J connectivity index is 1.55. The number of hydrogen-bond acceptors (Lipinski definition) is 6. The van der Waals surface area contributed by atoms with Crippen LogP contribution < -0.4 is 10.1 Å². The molecule has 5 rings (SSSR count). The lowest BCUT2D eigenvalue weighted by Gasteiger charge is -2.22. The second-order valence-corrected chi connectivity index (χ2v) is 9.56. The van der Waals surface area contributed by atoms with Crippen LogP contribution in [0.1, 0.15) is 16.8 Å². The number of likely N-dealkylation sites (N-methyl/N-ethyl adjacent to an activating group) is 1. The van der Waals surface area contributed by atoms with E-state index < -0.39 is 6.09 Å². The highest BCUT2D eigenvalue weighted by atomic mass is 16.5. The van der Waals surface area contributed by atoms with E-state index >= 15 is 0 Å². The van der Waals surface area contributed by atoms with Gasteiger partial charge in [-0.2, -0.15) is 0 Å². The second kappa shape index (κ2) is 10.5. The molecule has 9 heteroatoms. The van der Waals surface area contributed by atoms with Gasteiger partial charge in [-0.15, -0.1) is 0 Å². The van der Waals surface area contributed by atoms with Crippen molar-refractivity contribution >= 4 is 28.7 Å². The Kier molecular flexibility index (Phi) is 7.02. The van der Waals surface area contributed by atoms with Crippen molar-refractivity contribution in [2.45, 2.75) is 12.5 Å². The molecule has 0 radical (unpaired) electrons. The van der Waals surface area contributed by atoms with E-state index in [0.717, 1.165) is 45.5 Å². The summed E-state index contributed by atoms with van der Waals surface area (Å²) in [6.07, 6.45) is 3.97. The van der Waals surface area contributed by atoms with Gasteiger partial charge in [0, 0.05) is 53.6 Å². The van der Waals surface area contributed by atoms with Crippen LogP contribution in [0.2, 0.25) is 0 Å². The van der Waals surface area contributed by atoms with Crippen LogP contribution in [0.3, 0.4) is 0 Å². The van der Waals surface area contributed by atoms with Crippen LogP contribution in [0.15, 0.2) is 60.9 Å². The SMILES string of the molecule is COC(=O)Nc1ccc(-c2cnc3[nH]cc(-c4ccccc4OC)c3c2)cc1C(=O)N1CC[C@@H](N(C)C)C1. The van der Waals surface area contributed by atoms with Gasteiger partial charge in [0.2, 0.25) is 0 Å². The molecule has 1 aliphatic heterocycles. The van der Waals surface area contributed by atoms with Gasteiger partial charge in [0.1, 0.15) is 11.4 Å². The largest absolute Gasteiger partial charge is 0.496 e. The highest BCUT2D eigenvalue weighted by Crippen LogP contribution is 2.36. The van der Waals surface area contributed by atoms with E-state index in [2.05, 4.69) is 26.3 Å². The predicted molar refractivity (Wildman–Crippen MR) is 148 cm³/mol. The van der Waals surface area contributed by atoms with Crippen molar-refractivity contribution in [1.82, 2.24) is 19.8 Å². The summed E-state index contributed by atoms with van der Waals surface area (Å²) >= 11 is 0. The number of para-hydroxylation sites is 1. The number of likely N-dealkylation sites (tertiary alicyclic amines) is 1. The Morgan fingerprint density at radius 2 is 1.89 bits per heavy atom. The van der Waals surface area contributed by atoms with Crippen LogP contribution in [-0.2, 0) is 4.74 Å². The maximum absolute atomic E-state index is 13.7. The fourth-order valence-corrected chi connectivity index (χ4v) is 4.94. The van der Waals surface area contributed by atoms with Gasteiger partial charge in [0.05, 0.1) is 25.5 Å². The molecule has 2 aromatic carbocycles. The van der Waals surface area contributed by atoms with Crippen molar-refractivity contribution in [3.05, 3.63) is 66.5 Å². The number of carbonyl (C=O) groups excluding carboxylic acids is 2. The van der Waals surface area contributed by atoms with Gasteiger partial charge in [-0.3, -0.25) is 10.1 Å². The molecule has 2 amide bonds. The van der Waals surface area contributed by atoms with E-state index in [4.69, 9.17) is 9.47 Å². The number of fused-ring (bicyclic) bond motifs is 1. The zero-order valence-electron chi connectivity index (χ0n) is 21.9. The molecule has 38 heavy (non-hydrogen) atoms. The molecule has 1 aliphatic rings. The minimum Gasteiger partial charge on any atom is -0.496 e. The lowest BCUT2D eigenvalue weighted by Crippen LogP contribution is -2.35. The summed E-state index contributed by atoms with van der Waals surface area (Å²) in [6.45, 7) is 1.29. The first kappa shape index (κ1) is 25.3. The molecule has 196 valence electrons. The molecule has 2 N–H and O–H groups in total. The van der Waals surface area contributed by atoms with Gasteiger partial charge < -0.3 is 24.3 Å². The van der Waals surface area contributed by atoms with E-state index in [1.54, 1.807) is 19.4 Å². The first-order chi connectivity index (χ1) is 18.4. The highest BCUT2D eigenvalue weighted by molar-refractivity contribution is 6.04. The Bertz CT molecular complexity index is 1500. The smallest absolute Gasteiger partial charge is 0.411 e. The van der Waals surface area contributed by atoms with E-state index in [9.17, 15) is 9.59 Å².